The number of rotatable bonds is 3. The number of nitrogens with zero attached hydrogens (tertiary/aromatic N) is 3. The molecule has 5 heteroatoms. The third-order valence-corrected chi connectivity index (χ3v) is 2.29. The van der Waals surface area contributed by atoms with Gasteiger partial charge in [-0.2, -0.15) is 5.26 Å². The molecule has 0 amide bonds. The molecule has 1 N–H and O–H groups in total. The molecule has 1 heterocycles. The fraction of sp³-hybridized carbons (Fsp3) is 0.300. The molecule has 0 saturated carbocycles. The number of aliphatic imine (C=N–C) groups is 1. The van der Waals surface area contributed by atoms with E-state index in [1.165, 1.54) is 6.34 Å². The van der Waals surface area contributed by atoms with Crippen molar-refractivity contribution in [3.63, 3.8) is 0 Å². The smallest absolute Gasteiger partial charge is 0.168 e. The molecule has 0 fully saturated rings. The van der Waals surface area contributed by atoms with Crippen LogP contribution in [-0.4, -0.2) is 24.2 Å². The third-order valence-electron chi connectivity index (χ3n) is 2.29. The summed E-state index contributed by atoms with van der Waals surface area (Å²) < 4.78 is 1.68. The molecule has 1 aromatic rings. The Morgan fingerprint density at radius 1 is 1.60 bits per heavy atom. The summed E-state index contributed by atoms with van der Waals surface area (Å²) >= 11 is 0. The second-order valence-electron chi connectivity index (χ2n) is 3.04. The number of aromatic nitrogens is 1. The quantitative estimate of drug-likeness (QED) is 0.455. The van der Waals surface area contributed by atoms with E-state index in [1.54, 1.807) is 25.6 Å². The molecular formula is C10H12N4O. The first-order valence-electron chi connectivity index (χ1n) is 4.39. The van der Waals surface area contributed by atoms with E-state index in [-0.39, 0.29) is 0 Å². The SMILES string of the molecule is CN=CNc1c(C#N)c(C)n(C)c1C=O. The summed E-state index contributed by atoms with van der Waals surface area (Å²) in [6.45, 7) is 1.79. The average Bonchev–Trinajstić information content (AvgIpc) is 2.48. The topological polar surface area (TPSA) is 70.2 Å². The van der Waals surface area contributed by atoms with E-state index in [0.717, 1.165) is 12.0 Å². The molecule has 0 spiro atoms. The zero-order valence-corrected chi connectivity index (χ0v) is 8.90. The fourth-order valence-corrected chi connectivity index (χ4v) is 1.38. The van der Waals surface area contributed by atoms with Crippen molar-refractivity contribution in [1.29, 1.82) is 5.26 Å². The predicted molar refractivity (Wildman–Crippen MR) is 58.3 cm³/mol. The monoisotopic (exact) mass is 204 g/mol. The summed E-state index contributed by atoms with van der Waals surface area (Å²) in [5, 5.41) is 11.8. The average molecular weight is 204 g/mol. The standard InChI is InChI=1S/C10H12N4O/c1-7-8(4-11)10(13-6-12-2)9(5-15)14(7)3/h5-6H,1-3H3,(H,12,13). The second kappa shape index (κ2) is 4.42. The van der Waals surface area contributed by atoms with Crippen molar-refractivity contribution in [2.24, 2.45) is 12.0 Å². The summed E-state index contributed by atoms with van der Waals surface area (Å²) in [5.74, 6) is 0. The number of hydrogen-bond donors (Lipinski definition) is 1. The highest BCUT2D eigenvalue weighted by Crippen LogP contribution is 2.24. The molecule has 0 radical (unpaired) electrons. The van der Waals surface area contributed by atoms with Gasteiger partial charge < -0.3 is 9.88 Å². The van der Waals surface area contributed by atoms with Crippen molar-refractivity contribution in [2.45, 2.75) is 6.92 Å². The Morgan fingerprint density at radius 3 is 2.73 bits per heavy atom. The van der Waals surface area contributed by atoms with Gasteiger partial charge in [0.1, 0.15) is 11.8 Å². The van der Waals surface area contributed by atoms with Gasteiger partial charge in [0, 0.05) is 19.8 Å². The van der Waals surface area contributed by atoms with Crippen LogP contribution in [-0.2, 0) is 7.05 Å². The van der Waals surface area contributed by atoms with Gasteiger partial charge in [-0.15, -0.1) is 0 Å². The number of nitriles is 1. The van der Waals surface area contributed by atoms with E-state index in [9.17, 15) is 4.79 Å². The molecule has 0 bridgehead atoms. The van der Waals surface area contributed by atoms with Crippen LogP contribution in [0.25, 0.3) is 0 Å². The van der Waals surface area contributed by atoms with Gasteiger partial charge in [-0.05, 0) is 6.92 Å². The lowest BCUT2D eigenvalue weighted by molar-refractivity contribution is 0.111. The van der Waals surface area contributed by atoms with Gasteiger partial charge >= 0.3 is 0 Å². The fourth-order valence-electron chi connectivity index (χ4n) is 1.38. The molecule has 15 heavy (non-hydrogen) atoms. The molecule has 78 valence electrons. The molecular weight excluding hydrogens is 192 g/mol. The second-order valence-corrected chi connectivity index (χ2v) is 3.04. The Labute approximate surface area is 88.0 Å². The van der Waals surface area contributed by atoms with Gasteiger partial charge in [-0.3, -0.25) is 9.79 Å². The van der Waals surface area contributed by atoms with Crippen LogP contribution in [0.2, 0.25) is 0 Å². The maximum atomic E-state index is 10.9. The molecule has 0 saturated heterocycles. The Kier molecular flexibility index (Phi) is 3.24. The van der Waals surface area contributed by atoms with Crippen LogP contribution >= 0.6 is 0 Å². The zero-order chi connectivity index (χ0) is 11.4. The Morgan fingerprint density at radius 2 is 2.27 bits per heavy atom. The molecule has 0 aliphatic heterocycles. The van der Waals surface area contributed by atoms with Gasteiger partial charge in [0.05, 0.1) is 17.6 Å². The minimum absolute atomic E-state index is 0.448. The Hall–Kier alpha value is -2.09. The minimum atomic E-state index is 0.448. The maximum Gasteiger partial charge on any atom is 0.168 e. The van der Waals surface area contributed by atoms with Gasteiger partial charge in [-0.1, -0.05) is 0 Å². The van der Waals surface area contributed by atoms with E-state index < -0.39 is 0 Å². The van der Waals surface area contributed by atoms with Crippen LogP contribution in [0.4, 0.5) is 5.69 Å². The van der Waals surface area contributed by atoms with Crippen molar-refractivity contribution >= 4 is 18.3 Å². The highest BCUT2D eigenvalue weighted by Gasteiger charge is 2.16. The molecule has 1 aromatic heterocycles. The number of aldehydes is 1. The Balaban J connectivity index is 3.39. The Bertz CT molecular complexity index is 451. The third kappa shape index (κ3) is 1.74. The van der Waals surface area contributed by atoms with Crippen LogP contribution in [0.15, 0.2) is 4.99 Å². The summed E-state index contributed by atoms with van der Waals surface area (Å²) in [6.07, 6.45) is 2.17. The van der Waals surface area contributed by atoms with Crippen LogP contribution in [0, 0.1) is 18.3 Å². The lowest BCUT2D eigenvalue weighted by Gasteiger charge is -1.99. The lowest BCUT2D eigenvalue weighted by Crippen LogP contribution is -2.01. The number of anilines is 1. The van der Waals surface area contributed by atoms with Crippen LogP contribution in [0.5, 0.6) is 0 Å². The maximum absolute atomic E-state index is 10.9. The lowest BCUT2D eigenvalue weighted by atomic mass is 10.2. The van der Waals surface area contributed by atoms with Crippen LogP contribution in [0.1, 0.15) is 21.7 Å². The molecule has 0 aliphatic carbocycles. The van der Waals surface area contributed by atoms with E-state index in [1.807, 2.05) is 0 Å². The summed E-state index contributed by atoms with van der Waals surface area (Å²) in [5.41, 5.74) is 2.19. The van der Waals surface area contributed by atoms with Gasteiger partial charge in [0.2, 0.25) is 0 Å². The van der Waals surface area contributed by atoms with Crippen molar-refractivity contribution in [1.82, 2.24) is 4.57 Å². The summed E-state index contributed by atoms with van der Waals surface area (Å²) in [6, 6.07) is 2.06. The van der Waals surface area contributed by atoms with E-state index >= 15 is 0 Å². The molecule has 1 rings (SSSR count). The summed E-state index contributed by atoms with van der Waals surface area (Å²) in [4.78, 5) is 14.6. The molecule has 0 unspecified atom stereocenters. The first kappa shape index (κ1) is 11.0. The number of carbonyl (C=O) groups excluding carboxylic acids is 1. The van der Waals surface area contributed by atoms with Crippen LogP contribution < -0.4 is 5.32 Å². The normalized spacial score (nSPS) is 10.3. The first-order chi connectivity index (χ1) is 7.17. The van der Waals surface area contributed by atoms with Gasteiger partial charge in [0.15, 0.2) is 6.29 Å². The van der Waals surface area contributed by atoms with Crippen molar-refractivity contribution < 1.29 is 4.79 Å². The highest BCUT2D eigenvalue weighted by atomic mass is 16.1. The van der Waals surface area contributed by atoms with E-state index in [0.29, 0.717) is 16.9 Å². The number of carbonyl (C=O) groups is 1. The molecule has 0 aromatic carbocycles. The largest absolute Gasteiger partial charge is 0.344 e. The molecule has 0 atom stereocenters. The predicted octanol–water partition coefficient (Wildman–Crippen LogP) is 1.09. The van der Waals surface area contributed by atoms with Crippen molar-refractivity contribution in [2.75, 3.05) is 12.4 Å². The highest BCUT2D eigenvalue weighted by molar-refractivity contribution is 5.92. The number of hydrogen-bond acceptors (Lipinski definition) is 3. The molecule has 5 nitrogen and oxygen atoms in total. The van der Waals surface area contributed by atoms with E-state index in [4.69, 9.17) is 5.26 Å². The van der Waals surface area contributed by atoms with E-state index in [2.05, 4.69) is 16.4 Å². The van der Waals surface area contributed by atoms with Crippen molar-refractivity contribution in [3.05, 3.63) is 17.0 Å². The zero-order valence-electron chi connectivity index (χ0n) is 8.90. The minimum Gasteiger partial charge on any atom is -0.344 e. The van der Waals surface area contributed by atoms with Gasteiger partial charge in [0.25, 0.3) is 0 Å². The van der Waals surface area contributed by atoms with Gasteiger partial charge in [-0.25, -0.2) is 0 Å². The van der Waals surface area contributed by atoms with Crippen LogP contribution in [0.3, 0.4) is 0 Å². The summed E-state index contributed by atoms with van der Waals surface area (Å²) in [7, 11) is 3.35. The first-order valence-corrected chi connectivity index (χ1v) is 4.39. The number of nitrogens with one attached hydrogen (secondary N) is 1. The molecule has 0 aliphatic rings. The van der Waals surface area contributed by atoms with Crippen molar-refractivity contribution in [3.8, 4) is 6.07 Å².